The highest BCUT2D eigenvalue weighted by atomic mass is 79.9. The van der Waals surface area contributed by atoms with E-state index in [4.69, 9.17) is 9.72 Å². The van der Waals surface area contributed by atoms with Crippen LogP contribution in [0.3, 0.4) is 0 Å². The van der Waals surface area contributed by atoms with E-state index in [1.54, 1.807) is 6.20 Å². The van der Waals surface area contributed by atoms with Gasteiger partial charge in [-0.15, -0.1) is 0 Å². The summed E-state index contributed by atoms with van der Waals surface area (Å²) in [6, 6.07) is -0.00774. The van der Waals surface area contributed by atoms with E-state index in [2.05, 4.69) is 33.2 Å². The van der Waals surface area contributed by atoms with Crippen LogP contribution in [-0.2, 0) is 4.74 Å². The Morgan fingerprint density at radius 1 is 1.37 bits per heavy atom. The van der Waals surface area contributed by atoms with Crippen LogP contribution in [0.15, 0.2) is 15.5 Å². The number of ether oxygens (including phenoxy) is 1. The number of hydrogen-bond acceptors (Lipinski definition) is 6. The van der Waals surface area contributed by atoms with Crippen molar-refractivity contribution in [3.8, 4) is 0 Å². The molecule has 4 atom stereocenters. The fraction of sp³-hybridized carbons (Fsp3) is 0.632. The Morgan fingerprint density at radius 3 is 2.89 bits per heavy atom. The predicted octanol–water partition coefficient (Wildman–Crippen LogP) is 2.79. The average molecular weight is 437 g/mol. The summed E-state index contributed by atoms with van der Waals surface area (Å²) < 4.78 is 7.71. The van der Waals surface area contributed by atoms with Crippen LogP contribution in [-0.4, -0.2) is 45.0 Å². The number of anilines is 1. The Bertz CT molecular complexity index is 916. The molecule has 0 spiro atoms. The summed E-state index contributed by atoms with van der Waals surface area (Å²) in [6.07, 6.45) is 5.09. The number of nitrogens with one attached hydrogen (secondary N) is 1. The minimum atomic E-state index is -0.596. The molecular formula is C19H25BrN4O3. The highest BCUT2D eigenvalue weighted by Crippen LogP contribution is 2.37. The van der Waals surface area contributed by atoms with E-state index in [-0.39, 0.29) is 17.6 Å². The van der Waals surface area contributed by atoms with Crippen LogP contribution in [0.2, 0.25) is 0 Å². The van der Waals surface area contributed by atoms with Crippen molar-refractivity contribution in [3.63, 3.8) is 0 Å². The van der Waals surface area contributed by atoms with Gasteiger partial charge in [0.25, 0.3) is 5.56 Å². The lowest BCUT2D eigenvalue weighted by atomic mass is 10.1. The second-order valence-corrected chi connectivity index (χ2v) is 8.50. The molecule has 2 aliphatic rings. The van der Waals surface area contributed by atoms with Gasteiger partial charge in [-0.2, -0.15) is 4.98 Å². The van der Waals surface area contributed by atoms with Crippen molar-refractivity contribution in [2.24, 2.45) is 5.92 Å². The van der Waals surface area contributed by atoms with Crippen LogP contribution < -0.4 is 10.9 Å². The number of nitrogens with zero attached hydrogens (tertiary/aromatic N) is 3. The quantitative estimate of drug-likeness (QED) is 0.768. The van der Waals surface area contributed by atoms with Crippen LogP contribution in [0.1, 0.15) is 44.2 Å². The summed E-state index contributed by atoms with van der Waals surface area (Å²) in [5, 5.41) is 14.2. The zero-order chi connectivity index (χ0) is 19.1. The van der Waals surface area contributed by atoms with E-state index in [0.717, 1.165) is 30.2 Å². The van der Waals surface area contributed by atoms with Gasteiger partial charge in [-0.05, 0) is 53.6 Å². The molecule has 0 unspecified atom stereocenters. The average Bonchev–Trinajstić information content (AvgIpc) is 3.08. The molecule has 8 heteroatoms. The van der Waals surface area contributed by atoms with Crippen molar-refractivity contribution in [1.82, 2.24) is 14.5 Å². The zero-order valence-electron chi connectivity index (χ0n) is 15.6. The molecule has 2 N–H and O–H groups in total. The van der Waals surface area contributed by atoms with Gasteiger partial charge in [0.05, 0.1) is 23.2 Å². The molecule has 0 aromatic carbocycles. The Balaban J connectivity index is 1.81. The van der Waals surface area contributed by atoms with Gasteiger partial charge in [0.15, 0.2) is 0 Å². The SMILES string of the molecule is Cc1c(Br)c(=O)n([C@@H]2CCC[C@@H]2C)c2nc(N[C@@H]3CCOC[C@H]3O)ncc12. The summed E-state index contributed by atoms with van der Waals surface area (Å²) in [7, 11) is 0. The van der Waals surface area contributed by atoms with Gasteiger partial charge < -0.3 is 15.2 Å². The van der Waals surface area contributed by atoms with E-state index in [0.29, 0.717) is 41.6 Å². The Kier molecular flexibility index (Phi) is 5.22. The second kappa shape index (κ2) is 7.48. The minimum Gasteiger partial charge on any atom is -0.389 e. The third-order valence-electron chi connectivity index (χ3n) is 5.93. The number of aliphatic hydroxyl groups is 1. The van der Waals surface area contributed by atoms with Gasteiger partial charge in [-0.1, -0.05) is 13.3 Å². The van der Waals surface area contributed by atoms with Crippen molar-refractivity contribution in [3.05, 3.63) is 26.6 Å². The van der Waals surface area contributed by atoms with Crippen molar-refractivity contribution in [2.75, 3.05) is 18.5 Å². The largest absolute Gasteiger partial charge is 0.389 e. The van der Waals surface area contributed by atoms with Crippen molar-refractivity contribution in [2.45, 2.75) is 57.7 Å². The number of hydrogen-bond donors (Lipinski definition) is 2. The monoisotopic (exact) mass is 436 g/mol. The number of aliphatic hydroxyl groups excluding tert-OH is 1. The lowest BCUT2D eigenvalue weighted by Gasteiger charge is -2.28. The number of aryl methyl sites for hydroxylation is 1. The van der Waals surface area contributed by atoms with Gasteiger partial charge in [0.1, 0.15) is 5.65 Å². The molecule has 1 aliphatic carbocycles. The lowest BCUT2D eigenvalue weighted by Crippen LogP contribution is -2.42. The summed E-state index contributed by atoms with van der Waals surface area (Å²) >= 11 is 3.47. The molecule has 0 bridgehead atoms. The van der Waals surface area contributed by atoms with Gasteiger partial charge in [-0.3, -0.25) is 9.36 Å². The van der Waals surface area contributed by atoms with E-state index >= 15 is 0 Å². The van der Waals surface area contributed by atoms with Gasteiger partial charge in [0, 0.05) is 24.2 Å². The summed E-state index contributed by atoms with van der Waals surface area (Å²) in [5.74, 6) is 0.873. The van der Waals surface area contributed by atoms with Crippen LogP contribution >= 0.6 is 15.9 Å². The summed E-state index contributed by atoms with van der Waals surface area (Å²) in [5.41, 5.74) is 1.49. The van der Waals surface area contributed by atoms with Gasteiger partial charge >= 0.3 is 0 Å². The first-order valence-corrected chi connectivity index (χ1v) is 10.4. The zero-order valence-corrected chi connectivity index (χ0v) is 17.2. The molecule has 27 heavy (non-hydrogen) atoms. The smallest absolute Gasteiger partial charge is 0.267 e. The number of rotatable bonds is 3. The maximum Gasteiger partial charge on any atom is 0.267 e. The standard InChI is InChI=1S/C19H25BrN4O3/c1-10-4-3-5-14(10)24-17-12(11(2)16(20)18(24)26)8-21-19(23-17)22-13-6-7-27-9-15(13)25/h8,10,13-15,25H,3-7,9H2,1-2H3,(H,21,22,23)/t10-,13+,14+,15+/m0/s1. The second-order valence-electron chi connectivity index (χ2n) is 7.70. The normalized spacial score (nSPS) is 28.6. The Hall–Kier alpha value is -1.51. The first kappa shape index (κ1) is 18.8. The third kappa shape index (κ3) is 3.39. The van der Waals surface area contributed by atoms with E-state index < -0.39 is 6.10 Å². The molecule has 0 radical (unpaired) electrons. The highest BCUT2D eigenvalue weighted by molar-refractivity contribution is 9.10. The fourth-order valence-electron chi connectivity index (χ4n) is 4.25. The molecular weight excluding hydrogens is 412 g/mol. The number of aromatic nitrogens is 3. The van der Waals surface area contributed by atoms with E-state index in [1.165, 1.54) is 0 Å². The first-order chi connectivity index (χ1) is 13.0. The van der Waals surface area contributed by atoms with Crippen molar-refractivity contribution < 1.29 is 9.84 Å². The topological polar surface area (TPSA) is 89.3 Å². The van der Waals surface area contributed by atoms with E-state index in [1.807, 2.05) is 11.5 Å². The third-order valence-corrected chi connectivity index (χ3v) is 6.86. The molecule has 3 heterocycles. The predicted molar refractivity (Wildman–Crippen MR) is 107 cm³/mol. The number of halogens is 1. The summed E-state index contributed by atoms with van der Waals surface area (Å²) in [6.45, 7) is 5.01. The first-order valence-electron chi connectivity index (χ1n) is 9.57. The molecule has 2 aromatic heterocycles. The minimum absolute atomic E-state index is 0.0329. The van der Waals surface area contributed by atoms with Crippen molar-refractivity contribution in [1.29, 1.82) is 0 Å². The van der Waals surface area contributed by atoms with Crippen LogP contribution in [0.25, 0.3) is 11.0 Å². The molecule has 2 aromatic rings. The van der Waals surface area contributed by atoms with E-state index in [9.17, 15) is 9.90 Å². The molecule has 1 aliphatic heterocycles. The molecule has 7 nitrogen and oxygen atoms in total. The number of fused-ring (bicyclic) bond motifs is 1. The molecule has 1 saturated carbocycles. The Labute approximate surface area is 166 Å². The molecule has 1 saturated heterocycles. The molecule has 146 valence electrons. The van der Waals surface area contributed by atoms with Crippen molar-refractivity contribution >= 4 is 32.9 Å². The molecule has 0 amide bonds. The van der Waals surface area contributed by atoms with Gasteiger partial charge in [-0.25, -0.2) is 4.98 Å². The summed E-state index contributed by atoms with van der Waals surface area (Å²) in [4.78, 5) is 22.2. The molecule has 4 rings (SSSR count). The Morgan fingerprint density at radius 2 is 2.19 bits per heavy atom. The number of pyridine rings is 1. The lowest BCUT2D eigenvalue weighted by molar-refractivity contribution is -0.0136. The fourth-order valence-corrected chi connectivity index (χ4v) is 4.65. The maximum absolute atomic E-state index is 13.1. The van der Waals surface area contributed by atoms with Crippen LogP contribution in [0.4, 0.5) is 5.95 Å². The van der Waals surface area contributed by atoms with Crippen LogP contribution in [0.5, 0.6) is 0 Å². The highest BCUT2D eigenvalue weighted by Gasteiger charge is 2.30. The molecule has 2 fully saturated rings. The van der Waals surface area contributed by atoms with Gasteiger partial charge in [0.2, 0.25) is 5.95 Å². The van der Waals surface area contributed by atoms with Crippen LogP contribution in [0, 0.1) is 12.8 Å². The maximum atomic E-state index is 13.1.